The van der Waals surface area contributed by atoms with Crippen molar-refractivity contribution in [2.75, 3.05) is 36.2 Å². The van der Waals surface area contributed by atoms with E-state index < -0.39 is 0 Å². The molecule has 0 atom stereocenters. The molecule has 0 spiro atoms. The Labute approximate surface area is 133 Å². The van der Waals surface area contributed by atoms with Crippen LogP contribution in [-0.2, 0) is 0 Å². The average molecular weight is 351 g/mol. The molecule has 112 valence electrons. The molecule has 0 fully saturated rings. The molecule has 0 amide bonds. The molecule has 2 rings (SSSR count). The number of rotatable bonds is 5. The molecule has 21 heavy (non-hydrogen) atoms. The van der Waals surface area contributed by atoms with Gasteiger partial charge in [0.25, 0.3) is 0 Å². The first-order valence-electron chi connectivity index (χ1n) is 6.70. The minimum atomic E-state index is 0.520. The first kappa shape index (κ1) is 15.5. The minimum absolute atomic E-state index is 0.520. The van der Waals surface area contributed by atoms with Gasteiger partial charge in [0.15, 0.2) is 0 Å². The molecule has 2 aromatic rings. The minimum Gasteiger partial charge on any atom is -0.354 e. The van der Waals surface area contributed by atoms with Crippen LogP contribution in [0.25, 0.3) is 0 Å². The number of aromatic nitrogens is 3. The Morgan fingerprint density at radius 1 is 1.14 bits per heavy atom. The summed E-state index contributed by atoms with van der Waals surface area (Å²) in [6, 6.07) is 6.01. The lowest BCUT2D eigenvalue weighted by Crippen LogP contribution is -2.16. The Bertz CT molecular complexity index is 629. The lowest BCUT2D eigenvalue weighted by atomic mass is 10.2. The number of halogens is 1. The van der Waals surface area contributed by atoms with E-state index in [0.717, 1.165) is 22.3 Å². The molecule has 0 radical (unpaired) electrons. The molecular formula is C14H19BrN6. The highest BCUT2D eigenvalue weighted by molar-refractivity contribution is 9.10. The van der Waals surface area contributed by atoms with Gasteiger partial charge in [-0.25, -0.2) is 0 Å². The van der Waals surface area contributed by atoms with Crippen LogP contribution >= 0.6 is 15.9 Å². The Morgan fingerprint density at radius 2 is 1.86 bits per heavy atom. The van der Waals surface area contributed by atoms with Crippen LogP contribution < -0.4 is 15.5 Å². The number of hydrogen-bond acceptors (Lipinski definition) is 6. The van der Waals surface area contributed by atoms with Crippen molar-refractivity contribution in [2.45, 2.75) is 13.8 Å². The summed E-state index contributed by atoms with van der Waals surface area (Å²) in [5, 5.41) is 6.33. The van der Waals surface area contributed by atoms with E-state index >= 15 is 0 Å². The Kier molecular flexibility index (Phi) is 4.95. The molecule has 6 nitrogen and oxygen atoms in total. The molecule has 0 unspecified atom stereocenters. The number of hydrogen-bond donors (Lipinski definition) is 2. The zero-order chi connectivity index (χ0) is 15.4. The van der Waals surface area contributed by atoms with Gasteiger partial charge in [-0.2, -0.15) is 15.0 Å². The van der Waals surface area contributed by atoms with Crippen molar-refractivity contribution < 1.29 is 0 Å². The summed E-state index contributed by atoms with van der Waals surface area (Å²) in [5.74, 6) is 1.69. The molecule has 0 saturated heterocycles. The molecule has 7 heteroatoms. The highest BCUT2D eigenvalue weighted by Crippen LogP contribution is 2.22. The van der Waals surface area contributed by atoms with E-state index in [2.05, 4.69) is 41.5 Å². The van der Waals surface area contributed by atoms with E-state index in [0.29, 0.717) is 17.8 Å². The zero-order valence-electron chi connectivity index (χ0n) is 12.6. The summed E-state index contributed by atoms with van der Waals surface area (Å²) < 4.78 is 1.08. The third-order valence-corrected chi connectivity index (χ3v) is 3.66. The summed E-state index contributed by atoms with van der Waals surface area (Å²) in [4.78, 5) is 15.0. The van der Waals surface area contributed by atoms with Gasteiger partial charge in [0.05, 0.1) is 0 Å². The predicted octanol–water partition coefficient (Wildman–Crippen LogP) is 3.18. The smallest absolute Gasteiger partial charge is 0.233 e. The van der Waals surface area contributed by atoms with Crippen LogP contribution in [-0.4, -0.2) is 35.6 Å². The van der Waals surface area contributed by atoms with E-state index in [1.54, 1.807) is 0 Å². The van der Waals surface area contributed by atoms with Crippen LogP contribution in [0.3, 0.4) is 0 Å². The first-order chi connectivity index (χ1) is 9.99. The van der Waals surface area contributed by atoms with Gasteiger partial charge in [0, 0.05) is 30.8 Å². The summed E-state index contributed by atoms with van der Waals surface area (Å²) in [7, 11) is 3.80. The van der Waals surface area contributed by atoms with Gasteiger partial charge >= 0.3 is 0 Å². The maximum absolute atomic E-state index is 4.40. The topological polar surface area (TPSA) is 66.0 Å². The third kappa shape index (κ3) is 4.04. The van der Waals surface area contributed by atoms with Crippen LogP contribution in [0.15, 0.2) is 22.7 Å². The number of benzene rings is 1. The van der Waals surface area contributed by atoms with Crippen molar-refractivity contribution in [2.24, 2.45) is 0 Å². The normalized spacial score (nSPS) is 10.3. The summed E-state index contributed by atoms with van der Waals surface area (Å²) in [6.07, 6.45) is 0. The van der Waals surface area contributed by atoms with Crippen LogP contribution in [0.1, 0.15) is 12.5 Å². The molecule has 1 aromatic carbocycles. The van der Waals surface area contributed by atoms with E-state index in [-0.39, 0.29) is 0 Å². The Morgan fingerprint density at radius 3 is 2.48 bits per heavy atom. The lowest BCUT2D eigenvalue weighted by Gasteiger charge is -2.14. The van der Waals surface area contributed by atoms with Crippen molar-refractivity contribution in [3.63, 3.8) is 0 Å². The Balaban J connectivity index is 2.31. The second-order valence-electron chi connectivity index (χ2n) is 4.80. The second-order valence-corrected chi connectivity index (χ2v) is 5.65. The van der Waals surface area contributed by atoms with Crippen molar-refractivity contribution in [3.05, 3.63) is 28.2 Å². The maximum atomic E-state index is 4.40. The quantitative estimate of drug-likeness (QED) is 0.863. The monoisotopic (exact) mass is 350 g/mol. The second kappa shape index (κ2) is 6.71. The third-order valence-electron chi connectivity index (χ3n) is 2.77. The standard InChI is InChI=1S/C14H19BrN6/c1-5-16-12-18-13(20-14(19-12)21(3)4)17-10-6-7-11(15)9(2)8-10/h6-8H,5H2,1-4H3,(H2,16,17,18,19,20). The van der Waals surface area contributed by atoms with Crippen molar-refractivity contribution in [3.8, 4) is 0 Å². The van der Waals surface area contributed by atoms with Gasteiger partial charge in [-0.15, -0.1) is 0 Å². The summed E-state index contributed by atoms with van der Waals surface area (Å²) in [5.41, 5.74) is 2.09. The number of nitrogens with zero attached hydrogens (tertiary/aromatic N) is 4. The van der Waals surface area contributed by atoms with Gasteiger partial charge < -0.3 is 15.5 Å². The average Bonchev–Trinajstić information content (AvgIpc) is 2.43. The maximum Gasteiger partial charge on any atom is 0.233 e. The number of nitrogens with one attached hydrogen (secondary N) is 2. The lowest BCUT2D eigenvalue weighted by molar-refractivity contribution is 0.953. The van der Waals surface area contributed by atoms with E-state index in [4.69, 9.17) is 0 Å². The fraction of sp³-hybridized carbons (Fsp3) is 0.357. The van der Waals surface area contributed by atoms with Gasteiger partial charge in [-0.3, -0.25) is 0 Å². The Hall–Kier alpha value is -1.89. The van der Waals surface area contributed by atoms with Crippen LogP contribution in [0, 0.1) is 6.92 Å². The van der Waals surface area contributed by atoms with E-state index in [1.165, 1.54) is 0 Å². The van der Waals surface area contributed by atoms with Gasteiger partial charge in [0.2, 0.25) is 17.8 Å². The van der Waals surface area contributed by atoms with Crippen molar-refractivity contribution in [1.29, 1.82) is 0 Å². The molecule has 2 N–H and O–H groups in total. The molecular weight excluding hydrogens is 332 g/mol. The molecule has 0 bridgehead atoms. The molecule has 0 aliphatic rings. The largest absolute Gasteiger partial charge is 0.354 e. The van der Waals surface area contributed by atoms with Gasteiger partial charge in [0.1, 0.15) is 0 Å². The highest BCUT2D eigenvalue weighted by atomic mass is 79.9. The van der Waals surface area contributed by atoms with Crippen molar-refractivity contribution >= 4 is 39.5 Å². The number of anilines is 4. The SMILES string of the molecule is CCNc1nc(Nc2ccc(Br)c(C)c2)nc(N(C)C)n1. The molecule has 0 aliphatic heterocycles. The first-order valence-corrected chi connectivity index (χ1v) is 7.49. The summed E-state index contributed by atoms with van der Waals surface area (Å²) >= 11 is 3.49. The van der Waals surface area contributed by atoms with Crippen LogP contribution in [0.5, 0.6) is 0 Å². The molecule has 0 saturated carbocycles. The van der Waals surface area contributed by atoms with Crippen LogP contribution in [0.2, 0.25) is 0 Å². The fourth-order valence-electron chi connectivity index (χ4n) is 1.71. The van der Waals surface area contributed by atoms with Gasteiger partial charge in [-0.05, 0) is 37.6 Å². The number of aryl methyl sites for hydroxylation is 1. The van der Waals surface area contributed by atoms with Crippen LogP contribution in [0.4, 0.5) is 23.5 Å². The zero-order valence-corrected chi connectivity index (χ0v) is 14.2. The summed E-state index contributed by atoms with van der Waals surface area (Å²) in [6.45, 7) is 4.80. The van der Waals surface area contributed by atoms with Crippen molar-refractivity contribution in [1.82, 2.24) is 15.0 Å². The molecule has 1 aromatic heterocycles. The fourth-order valence-corrected chi connectivity index (χ4v) is 1.96. The predicted molar refractivity (Wildman–Crippen MR) is 90.5 cm³/mol. The highest BCUT2D eigenvalue weighted by Gasteiger charge is 2.08. The van der Waals surface area contributed by atoms with E-state index in [9.17, 15) is 0 Å². The molecule has 1 heterocycles. The van der Waals surface area contributed by atoms with E-state index in [1.807, 2.05) is 51.0 Å². The van der Waals surface area contributed by atoms with Gasteiger partial charge in [-0.1, -0.05) is 15.9 Å². The molecule has 0 aliphatic carbocycles.